The molecule has 16 heavy (non-hydrogen) atoms. The van der Waals surface area contributed by atoms with Gasteiger partial charge < -0.3 is 0 Å². The lowest BCUT2D eigenvalue weighted by Gasteiger charge is -2.07. The molecule has 0 saturated carbocycles. The summed E-state index contributed by atoms with van der Waals surface area (Å²) in [5.74, 6) is 0. The van der Waals surface area contributed by atoms with Gasteiger partial charge in [-0.05, 0) is 17.7 Å². The van der Waals surface area contributed by atoms with E-state index in [1.54, 1.807) is 0 Å². The third-order valence-corrected chi connectivity index (χ3v) is 2.49. The fraction of sp³-hybridized carbons (Fsp3) is 0.333. The highest BCUT2D eigenvalue weighted by Gasteiger charge is 2.29. The van der Waals surface area contributed by atoms with E-state index in [9.17, 15) is 21.6 Å². The van der Waals surface area contributed by atoms with Gasteiger partial charge in [-0.1, -0.05) is 12.1 Å². The van der Waals surface area contributed by atoms with Gasteiger partial charge in [0.25, 0.3) is 0 Å². The largest absolute Gasteiger partial charge is 0.416 e. The van der Waals surface area contributed by atoms with Crippen molar-refractivity contribution in [3.8, 4) is 0 Å². The number of nitrogens with one attached hydrogen (secondary N) is 1. The molecule has 0 aliphatic rings. The lowest BCUT2D eigenvalue weighted by atomic mass is 10.1. The predicted octanol–water partition coefficient (Wildman–Crippen LogP) is 1.75. The molecule has 0 aliphatic heterocycles. The van der Waals surface area contributed by atoms with E-state index >= 15 is 0 Å². The van der Waals surface area contributed by atoms with Crippen LogP contribution >= 0.6 is 0 Å². The van der Waals surface area contributed by atoms with E-state index in [0.717, 1.165) is 18.4 Å². The van der Waals surface area contributed by atoms with E-state index in [1.807, 2.05) is 0 Å². The number of hydrogen-bond donors (Lipinski definition) is 1. The summed E-state index contributed by atoms with van der Waals surface area (Å²) in [6, 6.07) is 4.31. The van der Waals surface area contributed by atoms with E-state index in [-0.39, 0.29) is 6.54 Å². The minimum Gasteiger partial charge on any atom is -0.213 e. The van der Waals surface area contributed by atoms with E-state index in [4.69, 9.17) is 0 Å². The predicted molar refractivity (Wildman–Crippen MR) is 53.1 cm³/mol. The highest BCUT2D eigenvalue weighted by Crippen LogP contribution is 2.28. The molecule has 0 aliphatic carbocycles. The Kier molecular flexibility index (Phi) is 3.59. The molecular weight excluding hydrogens is 243 g/mol. The first-order valence-corrected chi connectivity index (χ1v) is 6.18. The molecular formula is C9H10F3NO2S. The third kappa shape index (κ3) is 4.19. The van der Waals surface area contributed by atoms with Gasteiger partial charge in [0.1, 0.15) is 0 Å². The second-order valence-corrected chi connectivity index (χ2v) is 5.12. The smallest absolute Gasteiger partial charge is 0.213 e. The molecule has 0 unspecified atom stereocenters. The Bertz CT molecular complexity index is 451. The maximum Gasteiger partial charge on any atom is 0.416 e. The van der Waals surface area contributed by atoms with Crippen molar-refractivity contribution in [3.05, 3.63) is 35.4 Å². The van der Waals surface area contributed by atoms with E-state index in [0.29, 0.717) is 5.56 Å². The molecule has 0 spiro atoms. The van der Waals surface area contributed by atoms with Gasteiger partial charge in [0, 0.05) is 6.54 Å². The van der Waals surface area contributed by atoms with Crippen molar-refractivity contribution in [2.45, 2.75) is 12.7 Å². The molecule has 0 radical (unpaired) electrons. The first-order valence-electron chi connectivity index (χ1n) is 4.29. The fourth-order valence-corrected chi connectivity index (χ4v) is 1.45. The Morgan fingerprint density at radius 1 is 1.19 bits per heavy atom. The van der Waals surface area contributed by atoms with Crippen LogP contribution in [0.5, 0.6) is 0 Å². The number of benzene rings is 1. The number of sulfonamides is 1. The average molecular weight is 253 g/mol. The van der Waals surface area contributed by atoms with Crippen LogP contribution in [0.1, 0.15) is 11.1 Å². The number of alkyl halides is 3. The minimum atomic E-state index is -4.37. The Hall–Kier alpha value is -1.08. The first-order chi connectivity index (χ1) is 7.18. The van der Waals surface area contributed by atoms with Crippen molar-refractivity contribution in [2.24, 2.45) is 0 Å². The van der Waals surface area contributed by atoms with E-state index in [2.05, 4.69) is 4.72 Å². The molecule has 90 valence electrons. The van der Waals surface area contributed by atoms with Crippen LogP contribution in [0.15, 0.2) is 24.3 Å². The van der Waals surface area contributed by atoms with Crippen LogP contribution < -0.4 is 4.72 Å². The molecule has 3 nitrogen and oxygen atoms in total. The molecule has 0 fully saturated rings. The van der Waals surface area contributed by atoms with Gasteiger partial charge in [-0.15, -0.1) is 0 Å². The fourth-order valence-electron chi connectivity index (χ4n) is 1.03. The third-order valence-electron chi connectivity index (χ3n) is 1.82. The van der Waals surface area contributed by atoms with Crippen LogP contribution in [0.4, 0.5) is 13.2 Å². The van der Waals surface area contributed by atoms with Gasteiger partial charge in [0.15, 0.2) is 0 Å². The van der Waals surface area contributed by atoms with Crippen molar-refractivity contribution in [2.75, 3.05) is 6.26 Å². The maximum atomic E-state index is 12.2. The Balaban J connectivity index is 2.73. The van der Waals surface area contributed by atoms with Crippen LogP contribution in [0.25, 0.3) is 0 Å². The second-order valence-electron chi connectivity index (χ2n) is 3.29. The summed E-state index contributed by atoms with van der Waals surface area (Å²) in [6.45, 7) is -0.0169. The number of rotatable bonds is 3. The summed E-state index contributed by atoms with van der Waals surface area (Å²) in [4.78, 5) is 0. The topological polar surface area (TPSA) is 46.2 Å². The average Bonchev–Trinajstić information content (AvgIpc) is 2.13. The summed E-state index contributed by atoms with van der Waals surface area (Å²) in [5, 5.41) is 0. The second kappa shape index (κ2) is 4.42. The molecule has 1 aromatic carbocycles. The minimum absolute atomic E-state index is 0.0169. The zero-order valence-corrected chi connectivity index (χ0v) is 9.19. The molecule has 0 bridgehead atoms. The molecule has 0 saturated heterocycles. The first kappa shape index (κ1) is 13.0. The van der Waals surface area contributed by atoms with Crippen LogP contribution in [-0.4, -0.2) is 14.7 Å². The van der Waals surface area contributed by atoms with Crippen LogP contribution in [0, 0.1) is 0 Å². The van der Waals surface area contributed by atoms with Crippen molar-refractivity contribution in [1.29, 1.82) is 0 Å². The van der Waals surface area contributed by atoms with Gasteiger partial charge in [0.2, 0.25) is 10.0 Å². The molecule has 1 rings (SSSR count). The van der Waals surface area contributed by atoms with Gasteiger partial charge in [-0.25, -0.2) is 13.1 Å². The lowest BCUT2D eigenvalue weighted by molar-refractivity contribution is -0.137. The molecule has 0 aromatic heterocycles. The standard InChI is InChI=1S/C9H10F3NO2S/c1-16(14,15)13-6-7-2-4-8(5-3-7)9(10,11)12/h2-5,13H,6H2,1H3. The van der Waals surface area contributed by atoms with Crippen molar-refractivity contribution in [1.82, 2.24) is 4.72 Å². The van der Waals surface area contributed by atoms with Crippen LogP contribution in [0.3, 0.4) is 0 Å². The Morgan fingerprint density at radius 2 is 1.69 bits per heavy atom. The van der Waals surface area contributed by atoms with Crippen molar-refractivity contribution >= 4 is 10.0 Å². The monoisotopic (exact) mass is 253 g/mol. The Morgan fingerprint density at radius 3 is 2.06 bits per heavy atom. The summed E-state index contributed by atoms with van der Waals surface area (Å²) >= 11 is 0. The summed E-state index contributed by atoms with van der Waals surface area (Å²) in [5.41, 5.74) is -0.283. The zero-order chi connectivity index (χ0) is 12.4. The lowest BCUT2D eigenvalue weighted by Crippen LogP contribution is -2.21. The van der Waals surface area contributed by atoms with Gasteiger partial charge >= 0.3 is 6.18 Å². The molecule has 0 amide bonds. The van der Waals surface area contributed by atoms with E-state index in [1.165, 1.54) is 12.1 Å². The molecule has 0 heterocycles. The van der Waals surface area contributed by atoms with Gasteiger partial charge in [-0.2, -0.15) is 13.2 Å². The zero-order valence-electron chi connectivity index (χ0n) is 8.38. The summed E-state index contributed by atoms with van der Waals surface area (Å²) < 4.78 is 60.2. The van der Waals surface area contributed by atoms with Crippen molar-refractivity contribution in [3.63, 3.8) is 0 Å². The SMILES string of the molecule is CS(=O)(=O)NCc1ccc(C(F)(F)F)cc1. The summed E-state index contributed by atoms with van der Waals surface area (Å²) in [7, 11) is -3.33. The highest BCUT2D eigenvalue weighted by atomic mass is 32.2. The molecule has 7 heteroatoms. The van der Waals surface area contributed by atoms with E-state index < -0.39 is 21.8 Å². The highest BCUT2D eigenvalue weighted by molar-refractivity contribution is 7.88. The molecule has 1 aromatic rings. The normalized spacial score (nSPS) is 12.8. The Labute approximate surface area is 91.3 Å². The number of hydrogen-bond acceptors (Lipinski definition) is 2. The van der Waals surface area contributed by atoms with Gasteiger partial charge in [-0.3, -0.25) is 0 Å². The van der Waals surface area contributed by atoms with Gasteiger partial charge in [0.05, 0.1) is 11.8 Å². The summed E-state index contributed by atoms with van der Waals surface area (Å²) in [6.07, 6.45) is -3.39. The molecule has 1 N–H and O–H groups in total. The molecule has 0 atom stereocenters. The quantitative estimate of drug-likeness (QED) is 0.892. The maximum absolute atomic E-state index is 12.2. The van der Waals surface area contributed by atoms with Crippen LogP contribution in [0.2, 0.25) is 0 Å². The van der Waals surface area contributed by atoms with Crippen LogP contribution in [-0.2, 0) is 22.7 Å². The van der Waals surface area contributed by atoms with Crippen molar-refractivity contribution < 1.29 is 21.6 Å². The number of halogens is 3.